The molecule has 0 saturated carbocycles. The van der Waals surface area contributed by atoms with Crippen LogP contribution in [0.15, 0.2) is 36.4 Å². The molecule has 2 aromatic rings. The summed E-state index contributed by atoms with van der Waals surface area (Å²) in [5, 5.41) is 6.29. The first kappa shape index (κ1) is 23.9. The monoisotopic (exact) mass is 458 g/mol. The molecule has 2 aromatic carbocycles. The predicted molar refractivity (Wildman–Crippen MR) is 127 cm³/mol. The lowest BCUT2D eigenvalue weighted by Crippen LogP contribution is -2.32. The second-order valence-corrected chi connectivity index (χ2v) is 8.62. The molecular weight excluding hydrogens is 428 g/mol. The van der Waals surface area contributed by atoms with Crippen LogP contribution in [-0.4, -0.2) is 56.5 Å². The highest BCUT2D eigenvalue weighted by atomic mass is 35.5. The number of carbonyl (C=O) groups is 2. The fourth-order valence-corrected chi connectivity index (χ4v) is 4.01. The van der Waals surface area contributed by atoms with Crippen LogP contribution in [0.25, 0.3) is 0 Å². The molecule has 0 spiro atoms. The molecule has 2 amide bonds. The van der Waals surface area contributed by atoms with Gasteiger partial charge in [0.05, 0.1) is 23.4 Å². The fraction of sp³-hybridized carbons (Fsp3) is 0.417. The molecule has 1 atom stereocenters. The van der Waals surface area contributed by atoms with Gasteiger partial charge in [-0.1, -0.05) is 29.3 Å². The number of nitrogens with one attached hydrogen (secondary N) is 2. The number of amides is 2. The van der Waals surface area contributed by atoms with Crippen molar-refractivity contribution in [3.05, 3.63) is 58.1 Å². The Labute approximate surface area is 194 Å². The van der Waals surface area contributed by atoms with Gasteiger partial charge in [-0.2, -0.15) is 0 Å². The number of nitrogen functional groups attached to an aromatic ring is 1. The number of carbonyl (C=O) groups excluding carboxylic acids is 2. The Morgan fingerprint density at radius 2 is 1.94 bits per heavy atom. The third kappa shape index (κ3) is 6.37. The van der Waals surface area contributed by atoms with Crippen molar-refractivity contribution in [2.45, 2.75) is 19.8 Å². The van der Waals surface area contributed by atoms with E-state index in [0.29, 0.717) is 46.6 Å². The van der Waals surface area contributed by atoms with E-state index in [9.17, 15) is 9.59 Å². The number of aryl methyl sites for hydroxylation is 1. The van der Waals surface area contributed by atoms with Gasteiger partial charge in [-0.3, -0.25) is 9.59 Å². The summed E-state index contributed by atoms with van der Waals surface area (Å²) in [4.78, 5) is 27.1. The van der Waals surface area contributed by atoms with E-state index in [1.165, 1.54) is 13.2 Å². The Balaban J connectivity index is 1.37. The first-order chi connectivity index (χ1) is 15.4. The van der Waals surface area contributed by atoms with Crippen molar-refractivity contribution in [3.8, 4) is 5.75 Å². The average molecular weight is 459 g/mol. The van der Waals surface area contributed by atoms with Crippen molar-refractivity contribution in [2.24, 2.45) is 5.92 Å². The molecule has 0 bridgehead atoms. The maximum atomic E-state index is 12.6. The van der Waals surface area contributed by atoms with Crippen molar-refractivity contribution in [1.82, 2.24) is 15.5 Å². The van der Waals surface area contributed by atoms with Crippen LogP contribution in [0.3, 0.4) is 0 Å². The Morgan fingerprint density at radius 1 is 1.19 bits per heavy atom. The molecule has 32 heavy (non-hydrogen) atoms. The van der Waals surface area contributed by atoms with Crippen molar-refractivity contribution in [3.63, 3.8) is 0 Å². The van der Waals surface area contributed by atoms with Gasteiger partial charge in [0, 0.05) is 31.3 Å². The molecule has 0 radical (unpaired) electrons. The Kier molecular flexibility index (Phi) is 8.36. The predicted octanol–water partition coefficient (Wildman–Crippen LogP) is 3.11. The van der Waals surface area contributed by atoms with Gasteiger partial charge in [0.25, 0.3) is 11.8 Å². The number of benzene rings is 2. The number of rotatable bonds is 9. The molecule has 1 aliphatic rings. The summed E-state index contributed by atoms with van der Waals surface area (Å²) >= 11 is 6.06. The van der Waals surface area contributed by atoms with Crippen molar-refractivity contribution in [1.29, 1.82) is 0 Å². The standard InChI is InChI=1S/C24H31ClN4O3/c1-16-4-6-18(7-5-16)23(30)27-9-3-10-29-11-8-17(15-29)14-28-24(31)19-12-20(25)21(26)13-22(19)32-2/h4-7,12-13,17H,3,8-11,14-15,26H2,1-2H3,(H,27,30)(H,28,31). The minimum Gasteiger partial charge on any atom is -0.496 e. The summed E-state index contributed by atoms with van der Waals surface area (Å²) in [5.74, 6) is 0.535. The number of ether oxygens (including phenoxy) is 1. The minimum absolute atomic E-state index is 0.0368. The SMILES string of the molecule is COc1cc(N)c(Cl)cc1C(=O)NCC1CCN(CCCNC(=O)c2ccc(C)cc2)C1. The van der Waals surface area contributed by atoms with Crippen LogP contribution in [0.2, 0.25) is 5.02 Å². The highest BCUT2D eigenvalue weighted by Crippen LogP contribution is 2.28. The number of halogens is 1. The molecule has 4 N–H and O–H groups in total. The van der Waals surface area contributed by atoms with Gasteiger partial charge in [0.15, 0.2) is 0 Å². The van der Waals surface area contributed by atoms with Gasteiger partial charge < -0.3 is 26.0 Å². The molecule has 1 heterocycles. The molecule has 3 rings (SSSR count). The van der Waals surface area contributed by atoms with Crippen LogP contribution < -0.4 is 21.1 Å². The normalized spacial score (nSPS) is 16.0. The lowest BCUT2D eigenvalue weighted by atomic mass is 10.1. The van der Waals surface area contributed by atoms with Gasteiger partial charge in [-0.25, -0.2) is 0 Å². The number of likely N-dealkylation sites (tertiary alicyclic amines) is 1. The molecule has 8 heteroatoms. The minimum atomic E-state index is -0.221. The van der Waals surface area contributed by atoms with Gasteiger partial charge in [-0.15, -0.1) is 0 Å². The number of anilines is 1. The zero-order valence-electron chi connectivity index (χ0n) is 18.6. The molecule has 1 saturated heterocycles. The molecule has 1 fully saturated rings. The fourth-order valence-electron chi connectivity index (χ4n) is 3.84. The highest BCUT2D eigenvalue weighted by molar-refractivity contribution is 6.33. The maximum Gasteiger partial charge on any atom is 0.255 e. The molecule has 0 aromatic heterocycles. The van der Waals surface area contributed by atoms with Crippen molar-refractivity contribution in [2.75, 3.05) is 45.6 Å². The largest absolute Gasteiger partial charge is 0.496 e. The van der Waals surface area contributed by atoms with Crippen LogP contribution in [0.1, 0.15) is 39.1 Å². The van der Waals surface area contributed by atoms with E-state index in [2.05, 4.69) is 15.5 Å². The maximum absolute atomic E-state index is 12.6. The van der Waals surface area contributed by atoms with Gasteiger partial charge in [-0.05, 0) is 57.0 Å². The van der Waals surface area contributed by atoms with E-state index in [1.807, 2.05) is 31.2 Å². The Hall–Kier alpha value is -2.77. The van der Waals surface area contributed by atoms with E-state index in [-0.39, 0.29) is 11.8 Å². The Bertz CT molecular complexity index is 949. The van der Waals surface area contributed by atoms with Crippen LogP contribution >= 0.6 is 11.6 Å². The van der Waals surface area contributed by atoms with E-state index in [0.717, 1.165) is 38.0 Å². The number of nitrogens with zero attached hydrogens (tertiary/aromatic N) is 1. The summed E-state index contributed by atoms with van der Waals surface area (Å²) in [6.45, 7) is 6.06. The van der Waals surface area contributed by atoms with Gasteiger partial charge in [0.1, 0.15) is 5.75 Å². The third-order valence-electron chi connectivity index (χ3n) is 5.74. The smallest absolute Gasteiger partial charge is 0.255 e. The number of hydrogen-bond acceptors (Lipinski definition) is 5. The van der Waals surface area contributed by atoms with E-state index in [1.54, 1.807) is 6.07 Å². The first-order valence-corrected chi connectivity index (χ1v) is 11.2. The molecule has 1 unspecified atom stereocenters. The van der Waals surface area contributed by atoms with E-state index < -0.39 is 0 Å². The van der Waals surface area contributed by atoms with Crippen molar-refractivity contribution >= 4 is 29.1 Å². The summed E-state index contributed by atoms with van der Waals surface area (Å²) < 4.78 is 5.26. The summed E-state index contributed by atoms with van der Waals surface area (Å²) in [7, 11) is 1.50. The molecule has 1 aliphatic heterocycles. The van der Waals surface area contributed by atoms with Crippen molar-refractivity contribution < 1.29 is 14.3 Å². The first-order valence-electron chi connectivity index (χ1n) is 10.9. The molecular formula is C24H31ClN4O3. The zero-order chi connectivity index (χ0) is 23.1. The van der Waals surface area contributed by atoms with Crippen LogP contribution in [0, 0.1) is 12.8 Å². The summed E-state index contributed by atoms with van der Waals surface area (Å²) in [6.07, 6.45) is 1.91. The molecule has 7 nitrogen and oxygen atoms in total. The second-order valence-electron chi connectivity index (χ2n) is 8.21. The topological polar surface area (TPSA) is 96.7 Å². The van der Waals surface area contributed by atoms with Gasteiger partial charge >= 0.3 is 0 Å². The van der Waals surface area contributed by atoms with Crippen LogP contribution in [0.4, 0.5) is 5.69 Å². The second kappa shape index (κ2) is 11.2. The molecule has 172 valence electrons. The summed E-state index contributed by atoms with van der Waals surface area (Å²) in [5.41, 5.74) is 8.36. The van der Waals surface area contributed by atoms with Crippen LogP contribution in [0.5, 0.6) is 5.75 Å². The zero-order valence-corrected chi connectivity index (χ0v) is 19.4. The van der Waals surface area contributed by atoms with Crippen LogP contribution in [-0.2, 0) is 0 Å². The Morgan fingerprint density at radius 3 is 2.66 bits per heavy atom. The number of nitrogens with two attached hydrogens (primary N) is 1. The van der Waals surface area contributed by atoms with E-state index in [4.69, 9.17) is 22.1 Å². The third-order valence-corrected chi connectivity index (χ3v) is 6.06. The number of methoxy groups -OCH3 is 1. The lowest BCUT2D eigenvalue weighted by molar-refractivity contribution is 0.0940. The average Bonchev–Trinajstić information content (AvgIpc) is 3.24. The molecule has 0 aliphatic carbocycles. The van der Waals surface area contributed by atoms with E-state index >= 15 is 0 Å². The van der Waals surface area contributed by atoms with Gasteiger partial charge in [0.2, 0.25) is 0 Å². The lowest BCUT2D eigenvalue weighted by Gasteiger charge is -2.17. The number of hydrogen-bond donors (Lipinski definition) is 3. The summed E-state index contributed by atoms with van der Waals surface area (Å²) in [6, 6.07) is 10.7. The highest BCUT2D eigenvalue weighted by Gasteiger charge is 2.23. The quantitative estimate of drug-likeness (QED) is 0.396.